The SMILES string of the molecule is CCCN(CC=C(CC)C(=O)OC)CC(=O)N(C)C. The zero-order chi connectivity index (χ0) is 14.8. The third kappa shape index (κ3) is 6.96. The topological polar surface area (TPSA) is 49.9 Å². The van der Waals surface area contributed by atoms with Crippen LogP contribution < -0.4 is 0 Å². The monoisotopic (exact) mass is 270 g/mol. The van der Waals surface area contributed by atoms with E-state index >= 15 is 0 Å². The molecule has 0 radical (unpaired) electrons. The molecule has 0 N–H and O–H groups in total. The Morgan fingerprint density at radius 1 is 1.21 bits per heavy atom. The van der Waals surface area contributed by atoms with Gasteiger partial charge < -0.3 is 9.64 Å². The van der Waals surface area contributed by atoms with Crippen molar-refractivity contribution in [3.05, 3.63) is 11.6 Å². The summed E-state index contributed by atoms with van der Waals surface area (Å²) in [6.07, 6.45) is 3.45. The van der Waals surface area contributed by atoms with Gasteiger partial charge in [-0.2, -0.15) is 0 Å². The van der Waals surface area contributed by atoms with Crippen LogP contribution in [0.1, 0.15) is 26.7 Å². The van der Waals surface area contributed by atoms with E-state index in [1.165, 1.54) is 7.11 Å². The van der Waals surface area contributed by atoms with Crippen molar-refractivity contribution in [2.75, 3.05) is 40.8 Å². The van der Waals surface area contributed by atoms with E-state index in [1.807, 2.05) is 17.9 Å². The van der Waals surface area contributed by atoms with Crippen molar-refractivity contribution in [3.63, 3.8) is 0 Å². The van der Waals surface area contributed by atoms with Crippen LogP contribution in [0.3, 0.4) is 0 Å². The second-order valence-electron chi connectivity index (χ2n) is 4.60. The Bertz CT molecular complexity index is 325. The van der Waals surface area contributed by atoms with E-state index in [0.29, 0.717) is 25.1 Å². The first-order valence-corrected chi connectivity index (χ1v) is 6.66. The van der Waals surface area contributed by atoms with Gasteiger partial charge in [0.05, 0.1) is 13.7 Å². The Hall–Kier alpha value is -1.36. The van der Waals surface area contributed by atoms with E-state index in [2.05, 4.69) is 6.92 Å². The van der Waals surface area contributed by atoms with Gasteiger partial charge in [0.2, 0.25) is 5.91 Å². The molecule has 0 aliphatic carbocycles. The molecule has 110 valence electrons. The fourth-order valence-electron chi connectivity index (χ4n) is 1.63. The minimum atomic E-state index is -0.294. The number of ether oxygens (including phenoxy) is 1. The predicted octanol–water partition coefficient (Wildman–Crippen LogP) is 1.30. The highest BCUT2D eigenvalue weighted by Crippen LogP contribution is 2.04. The maximum atomic E-state index is 11.7. The number of likely N-dealkylation sites (N-methyl/N-ethyl adjacent to an activating group) is 1. The molecule has 0 saturated heterocycles. The van der Waals surface area contributed by atoms with Gasteiger partial charge in [0, 0.05) is 26.2 Å². The van der Waals surface area contributed by atoms with E-state index in [4.69, 9.17) is 4.74 Å². The highest BCUT2D eigenvalue weighted by molar-refractivity contribution is 5.88. The molecular weight excluding hydrogens is 244 g/mol. The Balaban J connectivity index is 4.60. The second-order valence-corrected chi connectivity index (χ2v) is 4.60. The fourth-order valence-corrected chi connectivity index (χ4v) is 1.63. The van der Waals surface area contributed by atoms with Crippen molar-refractivity contribution >= 4 is 11.9 Å². The molecule has 5 nitrogen and oxygen atoms in total. The molecule has 0 fully saturated rings. The summed E-state index contributed by atoms with van der Waals surface area (Å²) in [5.74, 6) is -0.226. The number of esters is 1. The van der Waals surface area contributed by atoms with Crippen molar-refractivity contribution in [1.82, 2.24) is 9.80 Å². The van der Waals surface area contributed by atoms with Crippen LogP contribution >= 0.6 is 0 Å². The van der Waals surface area contributed by atoms with Crippen LogP contribution in [0.2, 0.25) is 0 Å². The van der Waals surface area contributed by atoms with Crippen LogP contribution in [0.4, 0.5) is 0 Å². The minimum absolute atomic E-state index is 0.0676. The Morgan fingerprint density at radius 2 is 1.84 bits per heavy atom. The first kappa shape index (κ1) is 17.6. The Morgan fingerprint density at radius 3 is 2.26 bits per heavy atom. The number of hydrogen-bond donors (Lipinski definition) is 0. The third-order valence-corrected chi connectivity index (χ3v) is 2.82. The fraction of sp³-hybridized carbons (Fsp3) is 0.714. The number of methoxy groups -OCH3 is 1. The van der Waals surface area contributed by atoms with E-state index in [0.717, 1.165) is 13.0 Å². The molecule has 0 heterocycles. The lowest BCUT2D eigenvalue weighted by Gasteiger charge is -2.21. The number of hydrogen-bond acceptors (Lipinski definition) is 4. The van der Waals surface area contributed by atoms with Crippen LogP contribution in [0.15, 0.2) is 11.6 Å². The standard InChI is InChI=1S/C14H26N2O3/c1-6-9-16(11-13(17)15(3)4)10-8-12(7-2)14(18)19-5/h8H,6-7,9-11H2,1-5H3. The highest BCUT2D eigenvalue weighted by atomic mass is 16.5. The van der Waals surface area contributed by atoms with Gasteiger partial charge in [-0.05, 0) is 19.4 Å². The number of rotatable bonds is 8. The quantitative estimate of drug-likeness (QED) is 0.493. The average Bonchev–Trinajstić information content (AvgIpc) is 2.38. The van der Waals surface area contributed by atoms with Crippen LogP contribution in [-0.2, 0) is 14.3 Å². The summed E-state index contributed by atoms with van der Waals surface area (Å²) in [5.41, 5.74) is 0.654. The summed E-state index contributed by atoms with van der Waals surface area (Å²) < 4.78 is 4.71. The zero-order valence-electron chi connectivity index (χ0n) is 12.7. The molecule has 0 atom stereocenters. The number of nitrogens with zero attached hydrogens (tertiary/aromatic N) is 2. The maximum absolute atomic E-state index is 11.7. The summed E-state index contributed by atoms with van der Waals surface area (Å²) in [5, 5.41) is 0. The summed E-state index contributed by atoms with van der Waals surface area (Å²) in [4.78, 5) is 26.8. The van der Waals surface area contributed by atoms with Gasteiger partial charge in [0.25, 0.3) is 0 Å². The van der Waals surface area contributed by atoms with Crippen LogP contribution in [0.25, 0.3) is 0 Å². The molecule has 1 amide bonds. The normalized spacial score (nSPS) is 11.6. The lowest BCUT2D eigenvalue weighted by Crippen LogP contribution is -2.37. The van der Waals surface area contributed by atoms with Gasteiger partial charge in [0.1, 0.15) is 0 Å². The molecule has 5 heteroatoms. The van der Waals surface area contributed by atoms with E-state index in [-0.39, 0.29) is 11.9 Å². The molecule has 0 aromatic carbocycles. The molecule has 0 unspecified atom stereocenters. The molecule has 0 bridgehead atoms. The van der Waals surface area contributed by atoms with Crippen molar-refractivity contribution < 1.29 is 14.3 Å². The molecule has 0 aromatic heterocycles. The molecule has 0 aromatic rings. The van der Waals surface area contributed by atoms with Crippen LogP contribution in [-0.4, -0.2) is 62.5 Å². The van der Waals surface area contributed by atoms with Crippen LogP contribution in [0, 0.1) is 0 Å². The second kappa shape index (κ2) is 9.55. The summed E-state index contributed by atoms with van der Waals surface area (Å²) in [6, 6.07) is 0. The minimum Gasteiger partial charge on any atom is -0.466 e. The average molecular weight is 270 g/mol. The highest BCUT2D eigenvalue weighted by Gasteiger charge is 2.12. The van der Waals surface area contributed by atoms with Gasteiger partial charge in [-0.3, -0.25) is 9.69 Å². The molecule has 0 aliphatic rings. The van der Waals surface area contributed by atoms with Gasteiger partial charge in [-0.1, -0.05) is 19.9 Å². The molecule has 0 saturated carbocycles. The molecule has 0 aliphatic heterocycles. The summed E-state index contributed by atoms with van der Waals surface area (Å²) in [7, 11) is 4.87. The van der Waals surface area contributed by atoms with Crippen molar-refractivity contribution in [3.8, 4) is 0 Å². The smallest absolute Gasteiger partial charge is 0.333 e. The maximum Gasteiger partial charge on any atom is 0.333 e. The number of amides is 1. The molecule has 0 spiro atoms. The first-order valence-electron chi connectivity index (χ1n) is 6.66. The summed E-state index contributed by atoms with van der Waals surface area (Å²) in [6.45, 7) is 5.77. The third-order valence-electron chi connectivity index (χ3n) is 2.82. The van der Waals surface area contributed by atoms with Crippen LogP contribution in [0.5, 0.6) is 0 Å². The van der Waals surface area contributed by atoms with Crippen molar-refractivity contribution in [1.29, 1.82) is 0 Å². The Labute approximate surface area is 116 Å². The lowest BCUT2D eigenvalue weighted by atomic mass is 10.2. The van der Waals surface area contributed by atoms with E-state index in [9.17, 15) is 9.59 Å². The van der Waals surface area contributed by atoms with Gasteiger partial charge >= 0.3 is 5.97 Å². The largest absolute Gasteiger partial charge is 0.466 e. The molecule has 0 rings (SSSR count). The molecular formula is C14H26N2O3. The van der Waals surface area contributed by atoms with Gasteiger partial charge in [-0.15, -0.1) is 0 Å². The van der Waals surface area contributed by atoms with Gasteiger partial charge in [-0.25, -0.2) is 4.79 Å². The molecule has 19 heavy (non-hydrogen) atoms. The Kier molecular flexibility index (Phi) is 8.87. The van der Waals surface area contributed by atoms with E-state index in [1.54, 1.807) is 19.0 Å². The zero-order valence-corrected chi connectivity index (χ0v) is 12.7. The first-order chi connectivity index (χ1) is 8.96. The summed E-state index contributed by atoms with van der Waals surface area (Å²) >= 11 is 0. The van der Waals surface area contributed by atoms with Gasteiger partial charge in [0.15, 0.2) is 0 Å². The number of carbonyl (C=O) groups is 2. The number of carbonyl (C=O) groups excluding carboxylic acids is 2. The van der Waals surface area contributed by atoms with Crippen molar-refractivity contribution in [2.24, 2.45) is 0 Å². The predicted molar refractivity (Wildman–Crippen MR) is 75.8 cm³/mol. The van der Waals surface area contributed by atoms with E-state index < -0.39 is 0 Å². The van der Waals surface area contributed by atoms with Crippen molar-refractivity contribution in [2.45, 2.75) is 26.7 Å². The lowest BCUT2D eigenvalue weighted by molar-refractivity contribution is -0.136.